The zero-order chi connectivity index (χ0) is 20.7. The number of nitrogens with one attached hydrogen (secondary N) is 2. The monoisotopic (exact) mass is 399 g/mol. The second-order valence-electron chi connectivity index (χ2n) is 7.30. The summed E-state index contributed by atoms with van der Waals surface area (Å²) in [6.45, 7) is 1.84. The minimum Gasteiger partial charge on any atom is -0.385 e. The predicted molar refractivity (Wildman–Crippen MR) is 108 cm³/mol. The van der Waals surface area contributed by atoms with Crippen LogP contribution in [0.1, 0.15) is 28.8 Å². The third kappa shape index (κ3) is 5.54. The number of likely N-dealkylation sites (tertiary alicyclic amines) is 1. The molecule has 1 heterocycles. The number of hydrogen-bond donors (Lipinski definition) is 2. The van der Waals surface area contributed by atoms with Gasteiger partial charge >= 0.3 is 6.03 Å². The molecule has 1 atom stereocenters. The van der Waals surface area contributed by atoms with Crippen LogP contribution in [0.5, 0.6) is 0 Å². The first-order chi connectivity index (χ1) is 14.0. The van der Waals surface area contributed by atoms with E-state index in [1.807, 2.05) is 30.3 Å². The first-order valence-corrected chi connectivity index (χ1v) is 9.65. The predicted octanol–water partition coefficient (Wildman–Crippen LogP) is 2.95. The molecule has 2 aromatic rings. The van der Waals surface area contributed by atoms with Gasteiger partial charge in [0.2, 0.25) is 0 Å². The Balaban J connectivity index is 1.63. The van der Waals surface area contributed by atoms with Crippen LogP contribution < -0.4 is 10.6 Å². The molecule has 29 heavy (non-hydrogen) atoms. The number of nitrogens with zero attached hydrogens (tertiary/aromatic N) is 1. The van der Waals surface area contributed by atoms with Crippen LogP contribution in [0.15, 0.2) is 54.6 Å². The van der Waals surface area contributed by atoms with E-state index < -0.39 is 11.4 Å². The Labute approximate surface area is 170 Å². The fraction of sp³-hybridized carbons (Fsp3) is 0.364. The lowest BCUT2D eigenvalue weighted by molar-refractivity contribution is 0.0867. The summed E-state index contributed by atoms with van der Waals surface area (Å²) >= 11 is 0. The van der Waals surface area contributed by atoms with E-state index in [4.69, 9.17) is 4.74 Å². The Morgan fingerprint density at radius 1 is 1.14 bits per heavy atom. The van der Waals surface area contributed by atoms with Gasteiger partial charge in [-0.25, -0.2) is 9.18 Å². The van der Waals surface area contributed by atoms with E-state index in [1.54, 1.807) is 12.0 Å². The van der Waals surface area contributed by atoms with Crippen LogP contribution in [0.3, 0.4) is 0 Å². The highest BCUT2D eigenvalue weighted by Crippen LogP contribution is 2.26. The Hall–Kier alpha value is -2.93. The van der Waals surface area contributed by atoms with E-state index in [2.05, 4.69) is 10.6 Å². The maximum Gasteiger partial charge on any atom is 0.317 e. The van der Waals surface area contributed by atoms with Crippen LogP contribution in [-0.2, 0) is 11.3 Å². The van der Waals surface area contributed by atoms with Crippen molar-refractivity contribution < 1.29 is 18.7 Å². The number of hydrogen-bond acceptors (Lipinski definition) is 3. The topological polar surface area (TPSA) is 70.7 Å². The number of halogens is 1. The molecule has 1 fully saturated rings. The standard InChI is InChI=1S/C22H26FN3O3/c1-29-14-12-22(25-20(27)18-7-9-19(23)10-8-18)11-13-26(16-22)21(28)24-15-17-5-3-2-4-6-17/h2-10H,11-16H2,1H3,(H,24,28)(H,25,27). The number of ether oxygens (including phenoxy) is 1. The van der Waals surface area contributed by atoms with E-state index >= 15 is 0 Å². The Kier molecular flexibility index (Phi) is 6.82. The molecule has 2 aromatic carbocycles. The van der Waals surface area contributed by atoms with Crippen LogP contribution in [0.4, 0.5) is 9.18 Å². The van der Waals surface area contributed by atoms with Gasteiger partial charge in [-0.3, -0.25) is 4.79 Å². The van der Waals surface area contributed by atoms with Crippen LogP contribution in [0, 0.1) is 5.82 Å². The molecule has 0 spiro atoms. The summed E-state index contributed by atoms with van der Waals surface area (Å²) in [6, 6.07) is 15.0. The first kappa shape index (κ1) is 20.8. The summed E-state index contributed by atoms with van der Waals surface area (Å²) in [5, 5.41) is 5.99. The summed E-state index contributed by atoms with van der Waals surface area (Å²) in [7, 11) is 1.61. The van der Waals surface area contributed by atoms with Crippen LogP contribution in [-0.4, -0.2) is 49.2 Å². The molecule has 1 aliphatic rings. The summed E-state index contributed by atoms with van der Waals surface area (Å²) in [5.74, 6) is -0.676. The van der Waals surface area contributed by atoms with Crippen molar-refractivity contribution in [2.45, 2.75) is 24.9 Å². The fourth-order valence-corrected chi connectivity index (χ4v) is 3.51. The SMILES string of the molecule is COCCC1(NC(=O)c2ccc(F)cc2)CCN(C(=O)NCc2ccccc2)C1. The van der Waals surface area contributed by atoms with Crippen molar-refractivity contribution >= 4 is 11.9 Å². The number of carbonyl (C=O) groups is 2. The van der Waals surface area contributed by atoms with E-state index in [0.29, 0.717) is 44.6 Å². The van der Waals surface area contributed by atoms with Gasteiger partial charge in [-0.2, -0.15) is 0 Å². The Bertz CT molecular complexity index is 829. The smallest absolute Gasteiger partial charge is 0.317 e. The van der Waals surface area contributed by atoms with Crippen LogP contribution in [0.25, 0.3) is 0 Å². The zero-order valence-corrected chi connectivity index (χ0v) is 16.5. The number of benzene rings is 2. The van der Waals surface area contributed by atoms with Gasteiger partial charge in [0.05, 0.1) is 5.54 Å². The highest BCUT2D eigenvalue weighted by Gasteiger charge is 2.41. The average molecular weight is 399 g/mol. The lowest BCUT2D eigenvalue weighted by Gasteiger charge is -2.30. The van der Waals surface area contributed by atoms with Gasteiger partial charge in [-0.15, -0.1) is 0 Å². The van der Waals surface area contributed by atoms with Crippen molar-refractivity contribution in [1.29, 1.82) is 0 Å². The van der Waals surface area contributed by atoms with Gasteiger partial charge in [0.15, 0.2) is 0 Å². The molecule has 2 N–H and O–H groups in total. The molecule has 6 nitrogen and oxygen atoms in total. The van der Waals surface area contributed by atoms with E-state index in [1.165, 1.54) is 24.3 Å². The molecule has 0 aliphatic carbocycles. The van der Waals surface area contributed by atoms with Gasteiger partial charge in [0.1, 0.15) is 5.82 Å². The van der Waals surface area contributed by atoms with E-state index in [9.17, 15) is 14.0 Å². The molecule has 1 aliphatic heterocycles. The number of rotatable bonds is 7. The summed E-state index contributed by atoms with van der Waals surface area (Å²) in [6.07, 6.45) is 1.21. The Morgan fingerprint density at radius 2 is 1.86 bits per heavy atom. The van der Waals surface area contributed by atoms with Gasteiger partial charge < -0.3 is 20.3 Å². The van der Waals surface area contributed by atoms with E-state index in [0.717, 1.165) is 5.56 Å². The first-order valence-electron chi connectivity index (χ1n) is 9.65. The van der Waals surface area contributed by atoms with Crippen LogP contribution >= 0.6 is 0 Å². The number of carbonyl (C=O) groups excluding carboxylic acids is 2. The lowest BCUT2D eigenvalue weighted by atomic mass is 9.94. The Morgan fingerprint density at radius 3 is 2.55 bits per heavy atom. The third-order valence-corrected chi connectivity index (χ3v) is 5.20. The third-order valence-electron chi connectivity index (χ3n) is 5.20. The second kappa shape index (κ2) is 9.52. The molecule has 7 heteroatoms. The molecule has 154 valence electrons. The van der Waals surface area contributed by atoms with Gasteiger partial charge in [-0.1, -0.05) is 30.3 Å². The minimum absolute atomic E-state index is 0.163. The molecule has 1 unspecified atom stereocenters. The molecule has 0 radical (unpaired) electrons. The molecule has 0 bridgehead atoms. The van der Waals surface area contributed by atoms with Crippen LogP contribution in [0.2, 0.25) is 0 Å². The normalized spacial score (nSPS) is 18.5. The molecule has 0 aromatic heterocycles. The quantitative estimate of drug-likeness (QED) is 0.752. The van der Waals surface area contributed by atoms with Crippen molar-refractivity contribution in [2.75, 3.05) is 26.8 Å². The molecule has 3 amide bonds. The summed E-state index contributed by atoms with van der Waals surface area (Å²) < 4.78 is 18.3. The second-order valence-corrected chi connectivity index (χ2v) is 7.30. The number of amides is 3. The molecular formula is C22H26FN3O3. The van der Waals surface area contributed by atoms with Gasteiger partial charge in [0.25, 0.3) is 5.91 Å². The molecule has 1 saturated heterocycles. The fourth-order valence-electron chi connectivity index (χ4n) is 3.51. The van der Waals surface area contributed by atoms with Crippen molar-refractivity contribution in [1.82, 2.24) is 15.5 Å². The van der Waals surface area contributed by atoms with Gasteiger partial charge in [0, 0.05) is 38.9 Å². The minimum atomic E-state index is -0.578. The zero-order valence-electron chi connectivity index (χ0n) is 16.5. The number of urea groups is 1. The summed E-state index contributed by atoms with van der Waals surface area (Å²) in [4.78, 5) is 27.0. The van der Waals surface area contributed by atoms with Crippen molar-refractivity contribution in [3.63, 3.8) is 0 Å². The largest absolute Gasteiger partial charge is 0.385 e. The average Bonchev–Trinajstić information content (AvgIpc) is 3.16. The van der Waals surface area contributed by atoms with E-state index in [-0.39, 0.29) is 11.9 Å². The highest BCUT2D eigenvalue weighted by atomic mass is 19.1. The number of methoxy groups -OCH3 is 1. The van der Waals surface area contributed by atoms with Crippen molar-refractivity contribution in [3.8, 4) is 0 Å². The van der Waals surface area contributed by atoms with Crippen molar-refractivity contribution in [3.05, 3.63) is 71.5 Å². The lowest BCUT2D eigenvalue weighted by Crippen LogP contribution is -2.52. The maximum atomic E-state index is 13.1. The van der Waals surface area contributed by atoms with Crippen molar-refractivity contribution in [2.24, 2.45) is 0 Å². The highest BCUT2D eigenvalue weighted by molar-refractivity contribution is 5.94. The molecule has 0 saturated carbocycles. The maximum absolute atomic E-state index is 13.1. The summed E-state index contributed by atoms with van der Waals surface area (Å²) in [5.41, 5.74) is 0.830. The molecular weight excluding hydrogens is 373 g/mol. The van der Waals surface area contributed by atoms with Gasteiger partial charge in [-0.05, 0) is 42.7 Å². The molecule has 3 rings (SSSR count).